The molecule has 2 rings (SSSR count). The van der Waals surface area contributed by atoms with Crippen LogP contribution in [-0.2, 0) is 16.1 Å². The summed E-state index contributed by atoms with van der Waals surface area (Å²) in [5.41, 5.74) is 0.862. The zero-order valence-corrected chi connectivity index (χ0v) is 12.1. The Hall–Kier alpha value is -1.62. The van der Waals surface area contributed by atoms with E-state index in [1.165, 1.54) is 17.8 Å². The highest BCUT2D eigenvalue weighted by atomic mass is 32.1. The van der Waals surface area contributed by atoms with Gasteiger partial charge in [-0.25, -0.2) is 4.79 Å². The molecule has 1 aromatic rings. The van der Waals surface area contributed by atoms with E-state index >= 15 is 0 Å². The molecule has 1 heterocycles. The molecule has 0 unspecified atom stereocenters. The maximum Gasteiger partial charge on any atom is 0.328 e. The number of hydrogen-bond donors (Lipinski definition) is 2. The molecule has 2 N–H and O–H groups in total. The van der Waals surface area contributed by atoms with Crippen LogP contribution in [0.25, 0.3) is 6.08 Å². The van der Waals surface area contributed by atoms with Gasteiger partial charge in [0.15, 0.2) is 0 Å². The third kappa shape index (κ3) is 4.20. The minimum atomic E-state index is -0.964. The number of thiophene rings is 1. The molecule has 1 amide bonds. The maximum absolute atomic E-state index is 12.1. The van der Waals surface area contributed by atoms with Crippen molar-refractivity contribution in [2.75, 3.05) is 0 Å². The van der Waals surface area contributed by atoms with Crippen LogP contribution < -0.4 is 5.32 Å². The van der Waals surface area contributed by atoms with E-state index < -0.39 is 5.97 Å². The van der Waals surface area contributed by atoms with Gasteiger partial charge in [-0.2, -0.15) is 0 Å². The molecule has 0 aromatic carbocycles. The van der Waals surface area contributed by atoms with Crippen molar-refractivity contribution in [1.82, 2.24) is 5.32 Å². The number of nitrogens with one attached hydrogen (secondary N) is 1. The molecule has 0 spiro atoms. The van der Waals surface area contributed by atoms with Crippen molar-refractivity contribution < 1.29 is 14.7 Å². The van der Waals surface area contributed by atoms with Crippen LogP contribution in [-0.4, -0.2) is 17.0 Å². The summed E-state index contributed by atoms with van der Waals surface area (Å²) in [5.74, 6) is -0.679. The average molecular weight is 293 g/mol. The number of aliphatic carboxylic acids is 1. The van der Waals surface area contributed by atoms with E-state index in [-0.39, 0.29) is 11.8 Å². The Labute approximate surface area is 122 Å². The standard InChI is InChI=1S/C15H19NO3S/c17-14(18)7-6-11-8-9-20-13(11)10-16-15(19)12-4-2-1-3-5-12/h6-9,12H,1-5,10H2,(H,16,19)(H,17,18)/b7-6+. The van der Waals surface area contributed by atoms with Gasteiger partial charge in [-0.05, 0) is 35.9 Å². The molecular weight excluding hydrogens is 274 g/mol. The summed E-state index contributed by atoms with van der Waals surface area (Å²) in [6.45, 7) is 0.478. The van der Waals surface area contributed by atoms with Crippen molar-refractivity contribution in [2.24, 2.45) is 5.92 Å². The lowest BCUT2D eigenvalue weighted by molar-refractivity contribution is -0.131. The summed E-state index contributed by atoms with van der Waals surface area (Å²) >= 11 is 1.53. The average Bonchev–Trinajstić information content (AvgIpc) is 2.91. The highest BCUT2D eigenvalue weighted by molar-refractivity contribution is 7.10. The van der Waals surface area contributed by atoms with Gasteiger partial charge in [-0.15, -0.1) is 11.3 Å². The predicted molar refractivity (Wildman–Crippen MR) is 79.4 cm³/mol. The van der Waals surface area contributed by atoms with Crippen LogP contribution in [0.1, 0.15) is 42.5 Å². The molecule has 1 fully saturated rings. The first-order valence-corrected chi connectivity index (χ1v) is 7.80. The normalized spacial score (nSPS) is 16.4. The van der Waals surface area contributed by atoms with Gasteiger partial charge in [0.05, 0.1) is 6.54 Å². The van der Waals surface area contributed by atoms with Gasteiger partial charge in [0.1, 0.15) is 0 Å². The fraction of sp³-hybridized carbons (Fsp3) is 0.467. The lowest BCUT2D eigenvalue weighted by Gasteiger charge is -2.20. The third-order valence-corrected chi connectivity index (χ3v) is 4.52. The summed E-state index contributed by atoms with van der Waals surface area (Å²) in [4.78, 5) is 23.6. The molecule has 0 radical (unpaired) electrons. The van der Waals surface area contributed by atoms with E-state index in [9.17, 15) is 9.59 Å². The minimum Gasteiger partial charge on any atom is -0.478 e. The second kappa shape index (κ2) is 7.24. The number of amides is 1. The first-order valence-electron chi connectivity index (χ1n) is 6.92. The van der Waals surface area contributed by atoms with Crippen LogP contribution in [0.5, 0.6) is 0 Å². The summed E-state index contributed by atoms with van der Waals surface area (Å²) in [5, 5.41) is 13.5. The number of hydrogen-bond acceptors (Lipinski definition) is 3. The number of rotatable bonds is 5. The molecular formula is C15H19NO3S. The highest BCUT2D eigenvalue weighted by Gasteiger charge is 2.20. The molecule has 0 atom stereocenters. The fourth-order valence-electron chi connectivity index (χ4n) is 2.48. The van der Waals surface area contributed by atoms with Crippen molar-refractivity contribution >= 4 is 29.3 Å². The highest BCUT2D eigenvalue weighted by Crippen LogP contribution is 2.24. The Kier molecular flexibility index (Phi) is 5.35. The quantitative estimate of drug-likeness (QED) is 0.820. The molecule has 20 heavy (non-hydrogen) atoms. The van der Waals surface area contributed by atoms with Crippen LogP contribution in [0.2, 0.25) is 0 Å². The van der Waals surface area contributed by atoms with Crippen molar-refractivity contribution in [3.8, 4) is 0 Å². The Morgan fingerprint density at radius 2 is 2.10 bits per heavy atom. The smallest absolute Gasteiger partial charge is 0.328 e. The summed E-state index contributed by atoms with van der Waals surface area (Å²) in [6, 6.07) is 1.87. The molecule has 108 valence electrons. The van der Waals surface area contributed by atoms with Gasteiger partial charge in [-0.1, -0.05) is 19.3 Å². The van der Waals surface area contributed by atoms with Gasteiger partial charge in [0.25, 0.3) is 0 Å². The number of carboxylic acids is 1. The number of carbonyl (C=O) groups is 2. The predicted octanol–water partition coefficient (Wildman–Crippen LogP) is 3.04. The van der Waals surface area contributed by atoms with Gasteiger partial charge in [0, 0.05) is 16.9 Å². The van der Waals surface area contributed by atoms with Crippen LogP contribution >= 0.6 is 11.3 Å². The van der Waals surface area contributed by atoms with Crippen LogP contribution in [0.4, 0.5) is 0 Å². The third-order valence-electron chi connectivity index (χ3n) is 3.58. The Balaban J connectivity index is 1.89. The lowest BCUT2D eigenvalue weighted by Crippen LogP contribution is -2.31. The van der Waals surface area contributed by atoms with Crippen molar-refractivity contribution in [1.29, 1.82) is 0 Å². The summed E-state index contributed by atoms with van der Waals surface area (Å²) in [6.07, 6.45) is 8.19. The first kappa shape index (κ1) is 14.8. The summed E-state index contributed by atoms with van der Waals surface area (Å²) in [7, 11) is 0. The topological polar surface area (TPSA) is 66.4 Å². The van der Waals surface area contributed by atoms with E-state index in [0.29, 0.717) is 6.54 Å². The minimum absolute atomic E-state index is 0.131. The molecule has 1 aliphatic carbocycles. The van der Waals surface area contributed by atoms with Gasteiger partial charge < -0.3 is 10.4 Å². The molecule has 1 aromatic heterocycles. The zero-order valence-electron chi connectivity index (χ0n) is 11.3. The zero-order chi connectivity index (χ0) is 14.4. The van der Waals surface area contributed by atoms with Gasteiger partial charge >= 0.3 is 5.97 Å². The Morgan fingerprint density at radius 1 is 1.35 bits per heavy atom. The molecule has 0 saturated heterocycles. The summed E-state index contributed by atoms with van der Waals surface area (Å²) < 4.78 is 0. The van der Waals surface area contributed by atoms with E-state index in [1.54, 1.807) is 6.08 Å². The monoisotopic (exact) mass is 293 g/mol. The molecule has 1 aliphatic rings. The Bertz CT molecular complexity index is 501. The first-order chi connectivity index (χ1) is 9.66. The maximum atomic E-state index is 12.1. The van der Waals surface area contributed by atoms with E-state index in [0.717, 1.165) is 42.2 Å². The largest absolute Gasteiger partial charge is 0.478 e. The Morgan fingerprint density at radius 3 is 2.80 bits per heavy atom. The van der Waals surface area contributed by atoms with Crippen molar-refractivity contribution in [3.63, 3.8) is 0 Å². The van der Waals surface area contributed by atoms with E-state index in [4.69, 9.17) is 5.11 Å². The lowest BCUT2D eigenvalue weighted by atomic mass is 9.89. The second-order valence-electron chi connectivity index (χ2n) is 5.02. The molecule has 0 bridgehead atoms. The van der Waals surface area contributed by atoms with E-state index in [2.05, 4.69) is 5.32 Å². The SMILES string of the molecule is O=C(O)/C=C/c1ccsc1CNC(=O)C1CCCCC1. The van der Waals surface area contributed by atoms with Crippen LogP contribution in [0.3, 0.4) is 0 Å². The van der Waals surface area contributed by atoms with Gasteiger partial charge in [0.2, 0.25) is 5.91 Å². The molecule has 1 saturated carbocycles. The number of carbonyl (C=O) groups excluding carboxylic acids is 1. The molecule has 4 nitrogen and oxygen atoms in total. The van der Waals surface area contributed by atoms with Crippen molar-refractivity contribution in [3.05, 3.63) is 28.0 Å². The van der Waals surface area contributed by atoms with Crippen LogP contribution in [0, 0.1) is 5.92 Å². The fourth-order valence-corrected chi connectivity index (χ4v) is 3.29. The number of carboxylic acid groups (broad SMARTS) is 1. The van der Waals surface area contributed by atoms with Crippen LogP contribution in [0.15, 0.2) is 17.5 Å². The second-order valence-corrected chi connectivity index (χ2v) is 6.02. The van der Waals surface area contributed by atoms with E-state index in [1.807, 2.05) is 11.4 Å². The molecule has 0 aliphatic heterocycles. The van der Waals surface area contributed by atoms with Gasteiger partial charge in [-0.3, -0.25) is 4.79 Å². The molecule has 5 heteroatoms. The van der Waals surface area contributed by atoms with Crippen molar-refractivity contribution in [2.45, 2.75) is 38.6 Å².